The molecule has 0 atom stereocenters. The van der Waals surface area contributed by atoms with Crippen LogP contribution in [0.15, 0.2) is 42.7 Å². The molecule has 0 spiro atoms. The van der Waals surface area contributed by atoms with Gasteiger partial charge in [-0.05, 0) is 43.2 Å². The van der Waals surface area contributed by atoms with Crippen molar-refractivity contribution >= 4 is 5.69 Å². The topological polar surface area (TPSA) is 39.1 Å². The summed E-state index contributed by atoms with van der Waals surface area (Å²) in [5, 5.41) is 7.76. The Morgan fingerprint density at radius 3 is 2.61 bits per heavy atom. The second-order valence-electron chi connectivity index (χ2n) is 4.53. The fraction of sp³-hybridized carbons (Fsp3) is 0.357. The lowest BCUT2D eigenvalue weighted by atomic mass is 10.1. The maximum atomic E-state index is 5.35. The Labute approximate surface area is 107 Å². The number of ether oxygens (including phenoxy) is 1. The highest BCUT2D eigenvalue weighted by Crippen LogP contribution is 2.17. The standard InChI is InChI=1S/C14H17N3O/c1-8-15-17(9-1)14-4-2-12(3-5-14)16-13-6-10-18-11-7-13/h1-5,8-9,13,16H,6-7,10-11H2. The van der Waals surface area contributed by atoms with Crippen LogP contribution in [0.1, 0.15) is 12.8 Å². The lowest BCUT2D eigenvalue weighted by molar-refractivity contribution is 0.0904. The second kappa shape index (κ2) is 5.23. The molecule has 1 aliphatic rings. The number of anilines is 1. The lowest BCUT2D eigenvalue weighted by Crippen LogP contribution is -2.27. The number of nitrogens with one attached hydrogen (secondary N) is 1. The number of rotatable bonds is 3. The maximum absolute atomic E-state index is 5.35. The fourth-order valence-corrected chi connectivity index (χ4v) is 2.21. The van der Waals surface area contributed by atoms with E-state index < -0.39 is 0 Å². The van der Waals surface area contributed by atoms with Crippen LogP contribution in [0.2, 0.25) is 0 Å². The molecule has 0 aliphatic carbocycles. The summed E-state index contributed by atoms with van der Waals surface area (Å²) in [6, 6.07) is 10.8. The summed E-state index contributed by atoms with van der Waals surface area (Å²) in [6.45, 7) is 1.73. The Morgan fingerprint density at radius 2 is 1.94 bits per heavy atom. The van der Waals surface area contributed by atoms with Gasteiger partial charge in [0.05, 0.1) is 5.69 Å². The van der Waals surface area contributed by atoms with E-state index in [4.69, 9.17) is 4.74 Å². The van der Waals surface area contributed by atoms with Crippen LogP contribution in [0, 0.1) is 0 Å². The third-order valence-corrected chi connectivity index (χ3v) is 3.23. The van der Waals surface area contributed by atoms with E-state index in [1.807, 2.05) is 16.9 Å². The van der Waals surface area contributed by atoms with Crippen molar-refractivity contribution in [2.45, 2.75) is 18.9 Å². The Kier molecular flexibility index (Phi) is 3.28. The third kappa shape index (κ3) is 2.54. The van der Waals surface area contributed by atoms with Crippen molar-refractivity contribution in [3.63, 3.8) is 0 Å². The highest BCUT2D eigenvalue weighted by atomic mass is 16.5. The van der Waals surface area contributed by atoms with Crippen molar-refractivity contribution in [1.29, 1.82) is 0 Å². The smallest absolute Gasteiger partial charge is 0.0647 e. The number of nitrogens with zero attached hydrogens (tertiary/aromatic N) is 2. The molecule has 1 N–H and O–H groups in total. The summed E-state index contributed by atoms with van der Waals surface area (Å²) in [6.07, 6.45) is 5.90. The minimum absolute atomic E-state index is 0.536. The van der Waals surface area contributed by atoms with Crippen molar-refractivity contribution in [2.24, 2.45) is 0 Å². The molecule has 1 fully saturated rings. The van der Waals surface area contributed by atoms with Crippen molar-refractivity contribution in [3.8, 4) is 5.69 Å². The van der Waals surface area contributed by atoms with Crippen LogP contribution >= 0.6 is 0 Å². The summed E-state index contributed by atoms with van der Waals surface area (Å²) in [5.74, 6) is 0. The molecule has 1 aromatic heterocycles. The molecular formula is C14H17N3O. The van der Waals surface area contributed by atoms with Gasteiger partial charge in [0.2, 0.25) is 0 Å². The second-order valence-corrected chi connectivity index (χ2v) is 4.53. The van der Waals surface area contributed by atoms with Gasteiger partial charge in [-0.25, -0.2) is 4.68 Å². The highest BCUT2D eigenvalue weighted by molar-refractivity contribution is 5.49. The molecule has 2 heterocycles. The fourth-order valence-electron chi connectivity index (χ4n) is 2.21. The normalized spacial score (nSPS) is 16.7. The van der Waals surface area contributed by atoms with Crippen LogP contribution in [-0.4, -0.2) is 29.0 Å². The van der Waals surface area contributed by atoms with E-state index in [0.29, 0.717) is 6.04 Å². The van der Waals surface area contributed by atoms with Gasteiger partial charge in [0.15, 0.2) is 0 Å². The molecule has 0 unspecified atom stereocenters. The van der Waals surface area contributed by atoms with E-state index in [0.717, 1.165) is 37.4 Å². The van der Waals surface area contributed by atoms with E-state index in [1.54, 1.807) is 6.20 Å². The predicted molar refractivity (Wildman–Crippen MR) is 71.0 cm³/mol. The molecule has 0 saturated carbocycles. The van der Waals surface area contributed by atoms with Crippen LogP contribution < -0.4 is 5.32 Å². The zero-order valence-electron chi connectivity index (χ0n) is 10.2. The number of hydrogen-bond donors (Lipinski definition) is 1. The average molecular weight is 243 g/mol. The molecule has 4 nitrogen and oxygen atoms in total. The van der Waals surface area contributed by atoms with E-state index in [2.05, 4.69) is 34.7 Å². The largest absolute Gasteiger partial charge is 0.382 e. The Balaban J connectivity index is 1.67. The molecule has 1 aromatic carbocycles. The molecule has 0 radical (unpaired) electrons. The lowest BCUT2D eigenvalue weighted by Gasteiger charge is -2.24. The first-order valence-electron chi connectivity index (χ1n) is 6.36. The summed E-state index contributed by atoms with van der Waals surface area (Å²) >= 11 is 0. The molecule has 0 bridgehead atoms. The van der Waals surface area contributed by atoms with Gasteiger partial charge in [-0.1, -0.05) is 0 Å². The molecular weight excluding hydrogens is 226 g/mol. The van der Waals surface area contributed by atoms with Crippen LogP contribution in [0.25, 0.3) is 5.69 Å². The van der Waals surface area contributed by atoms with Crippen molar-refractivity contribution in [2.75, 3.05) is 18.5 Å². The molecule has 4 heteroatoms. The van der Waals surface area contributed by atoms with Crippen LogP contribution in [0.5, 0.6) is 0 Å². The maximum Gasteiger partial charge on any atom is 0.0647 e. The van der Waals surface area contributed by atoms with E-state index in [9.17, 15) is 0 Å². The molecule has 94 valence electrons. The van der Waals surface area contributed by atoms with Gasteiger partial charge in [0.1, 0.15) is 0 Å². The molecule has 0 amide bonds. The van der Waals surface area contributed by atoms with Gasteiger partial charge in [0, 0.05) is 37.3 Å². The molecule has 2 aromatic rings. The average Bonchev–Trinajstić information content (AvgIpc) is 2.95. The van der Waals surface area contributed by atoms with Gasteiger partial charge >= 0.3 is 0 Å². The third-order valence-electron chi connectivity index (χ3n) is 3.23. The van der Waals surface area contributed by atoms with E-state index >= 15 is 0 Å². The van der Waals surface area contributed by atoms with Crippen LogP contribution in [0.4, 0.5) is 5.69 Å². The van der Waals surface area contributed by atoms with E-state index in [-0.39, 0.29) is 0 Å². The number of benzene rings is 1. The molecule has 1 saturated heterocycles. The number of aromatic nitrogens is 2. The first kappa shape index (κ1) is 11.3. The quantitative estimate of drug-likeness (QED) is 0.900. The zero-order valence-corrected chi connectivity index (χ0v) is 10.2. The zero-order chi connectivity index (χ0) is 12.2. The summed E-state index contributed by atoms with van der Waals surface area (Å²) < 4.78 is 7.21. The summed E-state index contributed by atoms with van der Waals surface area (Å²) in [7, 11) is 0. The highest BCUT2D eigenvalue weighted by Gasteiger charge is 2.12. The predicted octanol–water partition coefficient (Wildman–Crippen LogP) is 2.46. The monoisotopic (exact) mass is 243 g/mol. The minimum atomic E-state index is 0.536. The van der Waals surface area contributed by atoms with Gasteiger partial charge in [-0.15, -0.1) is 0 Å². The summed E-state index contributed by atoms with van der Waals surface area (Å²) in [5.41, 5.74) is 2.25. The molecule has 18 heavy (non-hydrogen) atoms. The van der Waals surface area contributed by atoms with Crippen LogP contribution in [0.3, 0.4) is 0 Å². The van der Waals surface area contributed by atoms with Gasteiger partial charge in [0.25, 0.3) is 0 Å². The Hall–Kier alpha value is -1.81. The van der Waals surface area contributed by atoms with Crippen molar-refractivity contribution in [3.05, 3.63) is 42.7 Å². The van der Waals surface area contributed by atoms with E-state index in [1.165, 1.54) is 0 Å². The van der Waals surface area contributed by atoms with Crippen LogP contribution in [-0.2, 0) is 4.74 Å². The number of hydrogen-bond acceptors (Lipinski definition) is 3. The first-order valence-corrected chi connectivity index (χ1v) is 6.36. The summed E-state index contributed by atoms with van der Waals surface area (Å²) in [4.78, 5) is 0. The minimum Gasteiger partial charge on any atom is -0.382 e. The van der Waals surface area contributed by atoms with Crippen molar-refractivity contribution < 1.29 is 4.74 Å². The molecule has 1 aliphatic heterocycles. The first-order chi connectivity index (χ1) is 8.92. The Bertz CT molecular complexity index is 472. The van der Waals surface area contributed by atoms with Gasteiger partial charge in [-0.3, -0.25) is 0 Å². The van der Waals surface area contributed by atoms with Gasteiger partial charge in [-0.2, -0.15) is 5.10 Å². The van der Waals surface area contributed by atoms with Crippen molar-refractivity contribution in [1.82, 2.24) is 9.78 Å². The molecule has 3 rings (SSSR count). The SMILES string of the molecule is c1cnn(-c2ccc(NC3CCOCC3)cc2)c1. The van der Waals surface area contributed by atoms with Gasteiger partial charge < -0.3 is 10.1 Å². The Morgan fingerprint density at radius 1 is 1.17 bits per heavy atom.